The molecule has 3 aromatic carbocycles. The molecule has 0 aliphatic heterocycles. The standard InChI is InChI=1S/C27H26O5/c28-26(29)19-31-25-13-7-12-24-22(18-32-27(24)25)14-16-30-17-15-23(20-8-3-1-4-9-20)21-10-5-2-6-11-21/h1-13,18,23H,14-17,19H2,(H,28,29). The molecule has 5 nitrogen and oxygen atoms in total. The highest BCUT2D eigenvalue weighted by atomic mass is 16.5. The molecule has 0 atom stereocenters. The van der Waals surface area contributed by atoms with Gasteiger partial charge in [0.05, 0.1) is 12.9 Å². The average Bonchev–Trinajstić information content (AvgIpc) is 3.25. The van der Waals surface area contributed by atoms with Crippen LogP contribution in [0.5, 0.6) is 5.75 Å². The van der Waals surface area contributed by atoms with E-state index in [9.17, 15) is 4.79 Å². The SMILES string of the molecule is O=C(O)COc1cccc2c(CCOCCC(c3ccccc3)c3ccccc3)coc12. The van der Waals surface area contributed by atoms with Gasteiger partial charge in [0.25, 0.3) is 0 Å². The van der Waals surface area contributed by atoms with E-state index in [0.717, 1.165) is 17.4 Å². The zero-order valence-electron chi connectivity index (χ0n) is 17.8. The lowest BCUT2D eigenvalue weighted by atomic mass is 9.89. The van der Waals surface area contributed by atoms with Crippen molar-refractivity contribution in [1.82, 2.24) is 0 Å². The van der Waals surface area contributed by atoms with Gasteiger partial charge < -0.3 is 19.0 Å². The summed E-state index contributed by atoms with van der Waals surface area (Å²) in [4.78, 5) is 10.8. The first-order valence-electron chi connectivity index (χ1n) is 10.7. The van der Waals surface area contributed by atoms with Gasteiger partial charge in [-0.1, -0.05) is 72.8 Å². The van der Waals surface area contributed by atoms with Crippen LogP contribution in [-0.2, 0) is 16.0 Å². The van der Waals surface area contributed by atoms with Gasteiger partial charge in [-0.05, 0) is 30.0 Å². The zero-order chi connectivity index (χ0) is 22.2. The van der Waals surface area contributed by atoms with E-state index in [-0.39, 0.29) is 0 Å². The molecule has 32 heavy (non-hydrogen) atoms. The van der Waals surface area contributed by atoms with E-state index >= 15 is 0 Å². The number of benzene rings is 3. The number of para-hydroxylation sites is 1. The third-order valence-corrected chi connectivity index (χ3v) is 5.47. The first kappa shape index (κ1) is 21.7. The Hall–Kier alpha value is -3.57. The summed E-state index contributed by atoms with van der Waals surface area (Å²) in [6, 6.07) is 26.5. The first-order valence-corrected chi connectivity index (χ1v) is 10.7. The molecular weight excluding hydrogens is 404 g/mol. The van der Waals surface area contributed by atoms with Gasteiger partial charge in [0.15, 0.2) is 17.9 Å². The van der Waals surface area contributed by atoms with Gasteiger partial charge in [-0.15, -0.1) is 0 Å². The molecule has 0 aliphatic carbocycles. The van der Waals surface area contributed by atoms with Crippen LogP contribution >= 0.6 is 0 Å². The lowest BCUT2D eigenvalue weighted by molar-refractivity contribution is -0.139. The Morgan fingerprint density at radius 3 is 2.22 bits per heavy atom. The summed E-state index contributed by atoms with van der Waals surface area (Å²) in [5.41, 5.74) is 4.16. The number of hydrogen-bond acceptors (Lipinski definition) is 4. The smallest absolute Gasteiger partial charge is 0.341 e. The quantitative estimate of drug-likeness (QED) is 0.310. The molecule has 5 heteroatoms. The van der Waals surface area contributed by atoms with Crippen molar-refractivity contribution in [2.75, 3.05) is 19.8 Å². The fourth-order valence-electron chi connectivity index (χ4n) is 3.91. The van der Waals surface area contributed by atoms with Crippen molar-refractivity contribution >= 4 is 16.9 Å². The van der Waals surface area contributed by atoms with Crippen LogP contribution in [0.4, 0.5) is 0 Å². The van der Waals surface area contributed by atoms with Crippen molar-refractivity contribution in [1.29, 1.82) is 0 Å². The largest absolute Gasteiger partial charge is 0.479 e. The highest BCUT2D eigenvalue weighted by molar-refractivity contribution is 5.86. The fraction of sp³-hybridized carbons (Fsp3) is 0.222. The number of rotatable bonds is 11. The van der Waals surface area contributed by atoms with Gasteiger partial charge >= 0.3 is 5.97 Å². The minimum absolute atomic E-state index is 0.293. The fourth-order valence-corrected chi connectivity index (χ4v) is 3.91. The van der Waals surface area contributed by atoms with Gasteiger partial charge in [0, 0.05) is 23.5 Å². The molecule has 1 N–H and O–H groups in total. The summed E-state index contributed by atoms with van der Waals surface area (Å²) in [6.45, 7) is 0.824. The third-order valence-electron chi connectivity index (χ3n) is 5.47. The van der Waals surface area contributed by atoms with Crippen LogP contribution in [0, 0.1) is 0 Å². The molecule has 4 rings (SSSR count). The second-order valence-electron chi connectivity index (χ2n) is 7.60. The average molecular weight is 431 g/mol. The Morgan fingerprint density at radius 1 is 0.875 bits per heavy atom. The maximum Gasteiger partial charge on any atom is 0.341 e. The Morgan fingerprint density at radius 2 is 1.56 bits per heavy atom. The number of furan rings is 1. The van der Waals surface area contributed by atoms with Gasteiger partial charge in [-0.3, -0.25) is 0 Å². The van der Waals surface area contributed by atoms with Crippen LogP contribution in [0.25, 0.3) is 11.0 Å². The van der Waals surface area contributed by atoms with E-state index < -0.39 is 12.6 Å². The molecule has 1 aromatic heterocycles. The van der Waals surface area contributed by atoms with Crippen LogP contribution in [0.15, 0.2) is 89.5 Å². The van der Waals surface area contributed by atoms with E-state index in [1.54, 1.807) is 12.3 Å². The van der Waals surface area contributed by atoms with Crippen molar-refractivity contribution in [2.45, 2.75) is 18.8 Å². The van der Waals surface area contributed by atoms with Crippen LogP contribution < -0.4 is 4.74 Å². The Bertz CT molecular complexity index is 1100. The molecule has 0 spiro atoms. The number of hydrogen-bond donors (Lipinski definition) is 1. The third kappa shape index (κ3) is 5.37. The van der Waals surface area contributed by atoms with Gasteiger partial charge in [-0.2, -0.15) is 0 Å². The molecule has 0 aliphatic rings. The summed E-state index contributed by atoms with van der Waals surface area (Å²) >= 11 is 0. The second kappa shape index (κ2) is 10.6. The predicted octanol–water partition coefficient (Wildman–Crippen LogP) is 5.68. The molecular formula is C27H26O5. The van der Waals surface area contributed by atoms with Crippen LogP contribution in [0.2, 0.25) is 0 Å². The Kier molecular flexibility index (Phi) is 7.20. The summed E-state index contributed by atoms with van der Waals surface area (Å²) in [6.07, 6.45) is 3.29. The predicted molar refractivity (Wildman–Crippen MR) is 123 cm³/mol. The van der Waals surface area contributed by atoms with Gasteiger partial charge in [-0.25, -0.2) is 4.79 Å². The lowest BCUT2D eigenvalue weighted by Crippen LogP contribution is -2.09. The molecule has 164 valence electrons. The molecule has 0 saturated heterocycles. The second-order valence-corrected chi connectivity index (χ2v) is 7.60. The maximum atomic E-state index is 10.8. The van der Waals surface area contributed by atoms with E-state index in [0.29, 0.717) is 36.9 Å². The van der Waals surface area contributed by atoms with Crippen LogP contribution in [0.3, 0.4) is 0 Å². The van der Waals surface area contributed by atoms with Gasteiger partial charge in [0.2, 0.25) is 0 Å². The maximum absolute atomic E-state index is 10.8. The molecule has 0 radical (unpaired) electrons. The number of aliphatic carboxylic acids is 1. The Labute approximate surface area is 187 Å². The number of fused-ring (bicyclic) bond motifs is 1. The van der Waals surface area contributed by atoms with Crippen molar-refractivity contribution < 1.29 is 23.8 Å². The minimum Gasteiger partial charge on any atom is -0.479 e. The highest BCUT2D eigenvalue weighted by Gasteiger charge is 2.14. The van der Waals surface area contributed by atoms with Crippen molar-refractivity contribution in [2.24, 2.45) is 0 Å². The summed E-state index contributed by atoms with van der Waals surface area (Å²) in [5, 5.41) is 9.75. The van der Waals surface area contributed by atoms with E-state index in [1.807, 2.05) is 24.3 Å². The van der Waals surface area contributed by atoms with Crippen LogP contribution in [0.1, 0.15) is 29.0 Å². The number of carboxylic acid groups (broad SMARTS) is 1. The summed E-state index contributed by atoms with van der Waals surface area (Å²) in [5.74, 6) is -0.293. The molecule has 0 amide bonds. The molecule has 0 saturated carbocycles. The first-order chi connectivity index (χ1) is 15.7. The molecule has 0 bridgehead atoms. The number of ether oxygens (including phenoxy) is 2. The monoisotopic (exact) mass is 430 g/mol. The number of carboxylic acids is 1. The lowest BCUT2D eigenvalue weighted by Gasteiger charge is -2.18. The summed E-state index contributed by atoms with van der Waals surface area (Å²) in [7, 11) is 0. The van der Waals surface area contributed by atoms with Gasteiger partial charge in [0.1, 0.15) is 0 Å². The molecule has 0 unspecified atom stereocenters. The van der Waals surface area contributed by atoms with Crippen molar-refractivity contribution in [3.05, 3.63) is 102 Å². The van der Waals surface area contributed by atoms with Crippen LogP contribution in [-0.4, -0.2) is 30.9 Å². The Balaban J connectivity index is 1.34. The molecule has 0 fully saturated rings. The van der Waals surface area contributed by atoms with E-state index in [2.05, 4.69) is 48.5 Å². The van der Waals surface area contributed by atoms with Crippen molar-refractivity contribution in [3.63, 3.8) is 0 Å². The number of carbonyl (C=O) groups is 1. The normalized spacial score (nSPS) is 11.2. The highest BCUT2D eigenvalue weighted by Crippen LogP contribution is 2.30. The topological polar surface area (TPSA) is 68.9 Å². The zero-order valence-corrected chi connectivity index (χ0v) is 17.8. The van der Waals surface area contributed by atoms with Crippen molar-refractivity contribution in [3.8, 4) is 5.75 Å². The summed E-state index contributed by atoms with van der Waals surface area (Å²) < 4.78 is 17.0. The van der Waals surface area contributed by atoms with E-state index in [1.165, 1.54) is 11.1 Å². The minimum atomic E-state index is -1.02. The molecule has 1 heterocycles. The molecule has 4 aromatic rings. The van der Waals surface area contributed by atoms with E-state index in [4.69, 9.17) is 19.0 Å².